The molecule has 0 spiro atoms. The minimum absolute atomic E-state index is 0.525. The van der Waals surface area contributed by atoms with Crippen molar-refractivity contribution in [2.45, 2.75) is 12.8 Å². The number of aryl methyl sites for hydroxylation is 1. The minimum Gasteiger partial charge on any atom is -0.421 e. The molecule has 0 saturated carbocycles. The van der Waals surface area contributed by atoms with Crippen molar-refractivity contribution in [3.05, 3.63) is 33.0 Å². The molecule has 0 unspecified atom stereocenters. The van der Waals surface area contributed by atoms with Crippen LogP contribution in [0.5, 0.6) is 0 Å². The summed E-state index contributed by atoms with van der Waals surface area (Å²) < 4.78 is 7.48. The third-order valence-electron chi connectivity index (χ3n) is 2.10. The highest BCUT2D eigenvalue weighted by molar-refractivity contribution is 9.11. The van der Waals surface area contributed by atoms with Crippen LogP contribution in [-0.4, -0.2) is 16.1 Å². The van der Waals surface area contributed by atoms with Crippen molar-refractivity contribution in [1.29, 1.82) is 0 Å². The molecule has 0 N–H and O–H groups in total. The first kappa shape index (κ1) is 13.1. The zero-order valence-corrected chi connectivity index (χ0v) is 12.7. The van der Waals surface area contributed by atoms with Crippen molar-refractivity contribution in [2.24, 2.45) is 0 Å². The van der Waals surface area contributed by atoms with Gasteiger partial charge >= 0.3 is 0 Å². The van der Waals surface area contributed by atoms with Gasteiger partial charge < -0.3 is 4.42 Å². The summed E-state index contributed by atoms with van der Waals surface area (Å²) in [6, 6.07) is 5.82. The number of rotatable bonds is 4. The average Bonchev–Trinajstić information content (AvgIpc) is 2.73. The Morgan fingerprint density at radius 3 is 2.47 bits per heavy atom. The molecule has 0 saturated heterocycles. The van der Waals surface area contributed by atoms with Gasteiger partial charge in [0.2, 0.25) is 11.8 Å². The van der Waals surface area contributed by atoms with Gasteiger partial charge in [0, 0.05) is 26.8 Å². The lowest BCUT2D eigenvalue weighted by Crippen LogP contribution is -1.85. The predicted molar refractivity (Wildman–Crippen MR) is 74.2 cm³/mol. The SMILES string of the molecule is ClCCCc1nnc(-c2cc(Br)cc(Br)c2)o1. The molecule has 0 amide bonds. The molecule has 1 heterocycles. The molecule has 1 aromatic carbocycles. The van der Waals surface area contributed by atoms with E-state index in [1.807, 2.05) is 18.2 Å². The first-order chi connectivity index (χ1) is 8.19. The maximum atomic E-state index is 5.61. The lowest BCUT2D eigenvalue weighted by Gasteiger charge is -1.98. The Morgan fingerprint density at radius 1 is 1.12 bits per heavy atom. The van der Waals surface area contributed by atoms with Crippen LogP contribution in [0.1, 0.15) is 12.3 Å². The molecule has 1 aromatic heterocycles. The van der Waals surface area contributed by atoms with E-state index in [-0.39, 0.29) is 0 Å². The average molecular weight is 380 g/mol. The molecule has 90 valence electrons. The van der Waals surface area contributed by atoms with E-state index in [4.69, 9.17) is 16.0 Å². The third-order valence-corrected chi connectivity index (χ3v) is 3.28. The van der Waals surface area contributed by atoms with E-state index >= 15 is 0 Å². The Balaban J connectivity index is 2.24. The van der Waals surface area contributed by atoms with Gasteiger partial charge in [0.05, 0.1) is 0 Å². The fraction of sp³-hybridized carbons (Fsp3) is 0.273. The highest BCUT2D eigenvalue weighted by Gasteiger charge is 2.09. The molecular weight excluding hydrogens is 371 g/mol. The summed E-state index contributed by atoms with van der Waals surface area (Å²) in [6.07, 6.45) is 1.55. The molecule has 0 bridgehead atoms. The van der Waals surface area contributed by atoms with Crippen LogP contribution in [0, 0.1) is 0 Å². The van der Waals surface area contributed by atoms with Crippen LogP contribution in [-0.2, 0) is 6.42 Å². The monoisotopic (exact) mass is 378 g/mol. The molecular formula is C11H9Br2ClN2O. The van der Waals surface area contributed by atoms with Crippen LogP contribution in [0.4, 0.5) is 0 Å². The number of alkyl halides is 1. The number of hydrogen-bond donors (Lipinski definition) is 0. The van der Waals surface area contributed by atoms with Crippen LogP contribution < -0.4 is 0 Å². The maximum absolute atomic E-state index is 5.61. The van der Waals surface area contributed by atoms with E-state index in [1.54, 1.807) is 0 Å². The molecule has 0 radical (unpaired) electrons. The number of nitrogens with zero attached hydrogens (tertiary/aromatic N) is 2. The topological polar surface area (TPSA) is 38.9 Å². The maximum Gasteiger partial charge on any atom is 0.247 e. The number of benzene rings is 1. The highest BCUT2D eigenvalue weighted by Crippen LogP contribution is 2.26. The fourth-order valence-corrected chi connectivity index (χ4v) is 2.79. The van der Waals surface area contributed by atoms with Gasteiger partial charge in [0.1, 0.15) is 0 Å². The summed E-state index contributed by atoms with van der Waals surface area (Å²) in [4.78, 5) is 0. The van der Waals surface area contributed by atoms with Crippen molar-refractivity contribution in [3.63, 3.8) is 0 Å². The second kappa shape index (κ2) is 5.98. The van der Waals surface area contributed by atoms with Crippen molar-refractivity contribution in [2.75, 3.05) is 5.88 Å². The molecule has 0 aliphatic rings. The number of halogens is 3. The molecule has 17 heavy (non-hydrogen) atoms. The fourth-order valence-electron chi connectivity index (χ4n) is 1.37. The molecule has 0 aliphatic heterocycles. The van der Waals surface area contributed by atoms with Gasteiger partial charge in [-0.25, -0.2) is 0 Å². The highest BCUT2D eigenvalue weighted by atomic mass is 79.9. The van der Waals surface area contributed by atoms with Crippen molar-refractivity contribution in [1.82, 2.24) is 10.2 Å². The van der Waals surface area contributed by atoms with Crippen LogP contribution in [0.3, 0.4) is 0 Å². The second-order valence-corrected chi connectivity index (χ2v) is 5.66. The van der Waals surface area contributed by atoms with Crippen LogP contribution in [0.2, 0.25) is 0 Å². The predicted octanol–water partition coefficient (Wildman–Crippen LogP) is 4.43. The summed E-state index contributed by atoms with van der Waals surface area (Å²) in [5, 5.41) is 8.00. The molecule has 3 nitrogen and oxygen atoms in total. The van der Waals surface area contributed by atoms with Gasteiger partial charge in [0.15, 0.2) is 0 Å². The van der Waals surface area contributed by atoms with Gasteiger partial charge in [0.25, 0.3) is 0 Å². The van der Waals surface area contributed by atoms with E-state index in [1.165, 1.54) is 0 Å². The van der Waals surface area contributed by atoms with Crippen LogP contribution in [0.15, 0.2) is 31.6 Å². The zero-order chi connectivity index (χ0) is 12.3. The van der Waals surface area contributed by atoms with E-state index in [0.29, 0.717) is 24.1 Å². The lowest BCUT2D eigenvalue weighted by molar-refractivity contribution is 0.502. The van der Waals surface area contributed by atoms with Gasteiger partial charge in [-0.05, 0) is 24.6 Å². The Morgan fingerprint density at radius 2 is 1.82 bits per heavy atom. The van der Waals surface area contributed by atoms with Crippen molar-refractivity contribution in [3.8, 4) is 11.5 Å². The zero-order valence-electron chi connectivity index (χ0n) is 8.79. The summed E-state index contributed by atoms with van der Waals surface area (Å²) in [5.41, 5.74) is 0.885. The quantitative estimate of drug-likeness (QED) is 0.737. The van der Waals surface area contributed by atoms with Crippen molar-refractivity contribution < 1.29 is 4.42 Å². The third kappa shape index (κ3) is 3.53. The number of aromatic nitrogens is 2. The van der Waals surface area contributed by atoms with E-state index in [2.05, 4.69) is 42.1 Å². The van der Waals surface area contributed by atoms with Gasteiger partial charge in [-0.1, -0.05) is 31.9 Å². The summed E-state index contributed by atoms with van der Waals surface area (Å²) in [6.45, 7) is 0. The Bertz CT molecular complexity index is 496. The minimum atomic E-state index is 0.525. The second-order valence-electron chi connectivity index (χ2n) is 3.45. The molecule has 6 heteroatoms. The summed E-state index contributed by atoms with van der Waals surface area (Å²) in [5.74, 6) is 1.74. The van der Waals surface area contributed by atoms with Crippen LogP contribution in [0.25, 0.3) is 11.5 Å². The molecule has 0 atom stereocenters. The standard InChI is InChI=1S/C11H9Br2ClN2O/c12-8-4-7(5-9(13)6-8)11-16-15-10(17-11)2-1-3-14/h4-6H,1-3H2. The van der Waals surface area contributed by atoms with Crippen molar-refractivity contribution >= 4 is 43.5 Å². The largest absolute Gasteiger partial charge is 0.421 e. The molecule has 2 aromatic rings. The first-order valence-corrected chi connectivity index (χ1v) is 7.16. The van der Waals surface area contributed by atoms with Gasteiger partial charge in [-0.15, -0.1) is 21.8 Å². The van der Waals surface area contributed by atoms with E-state index in [0.717, 1.165) is 20.9 Å². The summed E-state index contributed by atoms with van der Waals surface area (Å²) >= 11 is 12.5. The lowest BCUT2D eigenvalue weighted by atomic mass is 10.2. The smallest absolute Gasteiger partial charge is 0.247 e. The Hall–Kier alpha value is -0.390. The molecule has 2 rings (SSSR count). The number of hydrogen-bond acceptors (Lipinski definition) is 3. The van der Waals surface area contributed by atoms with Crippen LogP contribution >= 0.6 is 43.5 Å². The first-order valence-electron chi connectivity index (χ1n) is 5.04. The molecule has 0 fully saturated rings. The van der Waals surface area contributed by atoms with E-state index in [9.17, 15) is 0 Å². The van der Waals surface area contributed by atoms with Gasteiger partial charge in [-0.2, -0.15) is 0 Å². The normalized spacial score (nSPS) is 10.8. The van der Waals surface area contributed by atoms with E-state index < -0.39 is 0 Å². The summed E-state index contributed by atoms with van der Waals surface area (Å²) in [7, 11) is 0. The molecule has 0 aliphatic carbocycles. The Kier molecular flexibility index (Phi) is 4.59. The van der Waals surface area contributed by atoms with Gasteiger partial charge in [-0.3, -0.25) is 0 Å². The Labute approximate surface area is 121 Å².